The van der Waals surface area contributed by atoms with Crippen LogP contribution in [-0.4, -0.2) is 41.8 Å². The molecule has 0 spiro atoms. The second-order valence-corrected chi connectivity index (χ2v) is 16.6. The number of aromatic nitrogens is 2. The first kappa shape index (κ1) is 25.7. The van der Waals surface area contributed by atoms with E-state index < -0.39 is 8.07 Å². The Balaban J connectivity index is 1.36. The summed E-state index contributed by atoms with van der Waals surface area (Å²) in [5.41, 5.74) is 3.14. The third-order valence-corrected chi connectivity index (χ3v) is 8.48. The number of nitrogens with zero attached hydrogens (tertiary/aromatic N) is 3. The Morgan fingerprint density at radius 1 is 1.09 bits per heavy atom. The van der Waals surface area contributed by atoms with Crippen molar-refractivity contribution in [2.75, 3.05) is 13.2 Å². The number of ether oxygens (including phenoxy) is 2. The fourth-order valence-electron chi connectivity index (χ4n) is 4.17. The molecule has 2 heterocycles. The van der Waals surface area contributed by atoms with Crippen LogP contribution in [-0.2, 0) is 29.4 Å². The van der Waals surface area contributed by atoms with E-state index in [2.05, 4.69) is 41.7 Å². The van der Waals surface area contributed by atoms with Crippen LogP contribution in [0.5, 0.6) is 0 Å². The first-order valence-corrected chi connectivity index (χ1v) is 16.4. The van der Waals surface area contributed by atoms with Crippen LogP contribution in [0.4, 0.5) is 0 Å². The normalized spacial score (nSPS) is 17.1. The van der Waals surface area contributed by atoms with Gasteiger partial charge in [0.05, 0.1) is 17.6 Å². The maximum Gasteiger partial charge on any atom is 0.137 e. The molecule has 0 amide bonds. The molecule has 5 nitrogen and oxygen atoms in total. The minimum absolute atomic E-state index is 0.317. The van der Waals surface area contributed by atoms with Crippen LogP contribution >= 0.6 is 23.2 Å². The summed E-state index contributed by atoms with van der Waals surface area (Å²) in [6.45, 7) is 12.5. The summed E-state index contributed by atoms with van der Waals surface area (Å²) >= 11 is 12.4. The van der Waals surface area contributed by atoms with Crippen molar-refractivity contribution < 1.29 is 9.47 Å². The first-order chi connectivity index (χ1) is 16.3. The van der Waals surface area contributed by atoms with Crippen molar-refractivity contribution in [3.63, 3.8) is 0 Å². The number of hydrogen-bond acceptors (Lipinski definition) is 4. The van der Waals surface area contributed by atoms with Crippen molar-refractivity contribution in [1.29, 1.82) is 0 Å². The average Bonchev–Trinajstić information content (AvgIpc) is 3.37. The largest absolute Gasteiger partial charge is 0.372 e. The number of halogens is 2. The lowest BCUT2D eigenvalue weighted by Crippen LogP contribution is -2.31. The molecule has 0 saturated carbocycles. The van der Waals surface area contributed by atoms with E-state index in [1.807, 2.05) is 30.3 Å². The summed E-state index contributed by atoms with van der Waals surface area (Å²) in [6.07, 6.45) is 2.12. The second-order valence-electron chi connectivity index (χ2n) is 10.1. The zero-order valence-corrected chi connectivity index (χ0v) is 22.8. The Morgan fingerprint density at radius 3 is 2.71 bits per heavy atom. The lowest BCUT2D eigenvalue weighted by Gasteiger charge is -2.24. The van der Waals surface area contributed by atoms with E-state index in [0.717, 1.165) is 54.5 Å². The number of fused-ring (bicyclic) bond motifs is 1. The number of benzene rings is 2. The minimum atomic E-state index is -1.12. The van der Waals surface area contributed by atoms with Gasteiger partial charge in [0.2, 0.25) is 0 Å². The highest BCUT2D eigenvalue weighted by Crippen LogP contribution is 2.28. The number of rotatable bonds is 11. The van der Waals surface area contributed by atoms with Gasteiger partial charge in [-0.15, -0.1) is 0 Å². The van der Waals surface area contributed by atoms with Crippen molar-refractivity contribution in [3.8, 4) is 0 Å². The SMILES string of the molecule is C[Si](C)(C)CCOCn1c(COC[C@@H]2CC[CH]N2Cc2ccc(Cl)cc2Cl)nc2ccccc21. The Labute approximate surface area is 214 Å². The van der Waals surface area contributed by atoms with Gasteiger partial charge in [-0.3, -0.25) is 4.90 Å². The molecule has 8 heteroatoms. The van der Waals surface area contributed by atoms with Gasteiger partial charge in [-0.1, -0.05) is 61.0 Å². The van der Waals surface area contributed by atoms with Crippen LogP contribution in [0.2, 0.25) is 35.7 Å². The molecule has 183 valence electrons. The summed E-state index contributed by atoms with van der Waals surface area (Å²) in [7, 11) is -1.12. The van der Waals surface area contributed by atoms with Crippen LogP contribution in [0.1, 0.15) is 24.2 Å². The molecule has 0 bridgehead atoms. The lowest BCUT2D eigenvalue weighted by atomic mass is 10.2. The molecule has 0 aliphatic carbocycles. The van der Waals surface area contributed by atoms with Gasteiger partial charge >= 0.3 is 0 Å². The molecular weight excluding hydrogens is 485 g/mol. The average molecular weight is 520 g/mol. The molecule has 1 saturated heterocycles. The van der Waals surface area contributed by atoms with Crippen LogP contribution < -0.4 is 0 Å². The molecule has 1 atom stereocenters. The molecule has 0 N–H and O–H groups in total. The topological polar surface area (TPSA) is 39.5 Å². The van der Waals surface area contributed by atoms with Gasteiger partial charge in [0.25, 0.3) is 0 Å². The molecule has 1 fully saturated rings. The Hall–Kier alpha value is -1.41. The highest BCUT2D eigenvalue weighted by Gasteiger charge is 2.26. The molecule has 1 radical (unpaired) electrons. The third kappa shape index (κ3) is 6.84. The predicted octanol–water partition coefficient (Wildman–Crippen LogP) is 7.00. The van der Waals surface area contributed by atoms with E-state index in [4.69, 9.17) is 37.7 Å². The molecule has 34 heavy (non-hydrogen) atoms. The maximum atomic E-state index is 6.40. The number of para-hydroxylation sites is 2. The number of likely N-dealkylation sites (tertiary alicyclic amines) is 1. The van der Waals surface area contributed by atoms with Gasteiger partial charge in [-0.05, 0) is 48.7 Å². The van der Waals surface area contributed by atoms with E-state index in [1.54, 1.807) is 6.07 Å². The van der Waals surface area contributed by atoms with Gasteiger partial charge < -0.3 is 14.0 Å². The summed E-state index contributed by atoms with van der Waals surface area (Å²) in [4.78, 5) is 7.16. The van der Waals surface area contributed by atoms with Crippen molar-refractivity contribution in [2.24, 2.45) is 0 Å². The quantitative estimate of drug-likeness (QED) is 0.202. The van der Waals surface area contributed by atoms with Crippen molar-refractivity contribution in [1.82, 2.24) is 14.5 Å². The molecule has 3 aromatic rings. The van der Waals surface area contributed by atoms with Crippen LogP contribution in [0.3, 0.4) is 0 Å². The zero-order valence-electron chi connectivity index (χ0n) is 20.3. The van der Waals surface area contributed by atoms with Gasteiger partial charge in [0.1, 0.15) is 19.2 Å². The third-order valence-electron chi connectivity index (χ3n) is 6.19. The smallest absolute Gasteiger partial charge is 0.137 e. The molecular formula is C26H34Cl2N3O2Si. The summed E-state index contributed by atoms with van der Waals surface area (Å²) in [5, 5.41) is 1.36. The second kappa shape index (κ2) is 11.5. The lowest BCUT2D eigenvalue weighted by molar-refractivity contribution is 0.0534. The van der Waals surface area contributed by atoms with Gasteiger partial charge in [-0.25, -0.2) is 4.98 Å². The molecule has 1 aliphatic heterocycles. The number of hydrogen-bond donors (Lipinski definition) is 0. The molecule has 4 rings (SSSR count). The van der Waals surface area contributed by atoms with E-state index in [-0.39, 0.29) is 0 Å². The summed E-state index contributed by atoms with van der Waals surface area (Å²) in [5.74, 6) is 0.906. The highest BCUT2D eigenvalue weighted by molar-refractivity contribution is 6.76. The van der Waals surface area contributed by atoms with Crippen molar-refractivity contribution >= 4 is 42.3 Å². The van der Waals surface area contributed by atoms with E-state index in [0.29, 0.717) is 36.0 Å². The van der Waals surface area contributed by atoms with Gasteiger partial charge in [-0.2, -0.15) is 0 Å². The Bertz CT molecular complexity index is 1100. The fraction of sp³-hybridized carbons (Fsp3) is 0.462. The van der Waals surface area contributed by atoms with Gasteiger partial charge in [0, 0.05) is 43.9 Å². The van der Waals surface area contributed by atoms with E-state index in [1.165, 1.54) is 0 Å². The summed E-state index contributed by atoms with van der Waals surface area (Å²) in [6, 6.07) is 15.4. The van der Waals surface area contributed by atoms with Crippen LogP contribution in [0, 0.1) is 6.54 Å². The van der Waals surface area contributed by atoms with Crippen molar-refractivity contribution in [3.05, 3.63) is 70.4 Å². The molecule has 1 aliphatic rings. The van der Waals surface area contributed by atoms with Crippen molar-refractivity contribution in [2.45, 2.75) is 64.5 Å². The van der Waals surface area contributed by atoms with Crippen LogP contribution in [0.15, 0.2) is 42.5 Å². The first-order valence-electron chi connectivity index (χ1n) is 11.9. The Morgan fingerprint density at radius 2 is 1.91 bits per heavy atom. The molecule has 2 aromatic carbocycles. The molecule has 1 aromatic heterocycles. The zero-order chi connectivity index (χ0) is 24.1. The standard InChI is InChI=1S/C26H34Cl2N3O2Si/c1-34(2,3)14-13-32-19-31-25-9-5-4-8-24(25)29-26(31)18-33-17-22-7-6-12-30(22)16-20-10-11-21(27)15-23(20)28/h4-5,8-12,15,22H,6-7,13-14,16-19H2,1-3H3/t22-/m0/s1. The fourth-order valence-corrected chi connectivity index (χ4v) is 5.39. The predicted molar refractivity (Wildman–Crippen MR) is 143 cm³/mol. The van der Waals surface area contributed by atoms with E-state index >= 15 is 0 Å². The highest BCUT2D eigenvalue weighted by atomic mass is 35.5. The maximum absolute atomic E-state index is 6.40. The minimum Gasteiger partial charge on any atom is -0.372 e. The monoisotopic (exact) mass is 518 g/mol. The summed E-state index contributed by atoms with van der Waals surface area (Å²) < 4.78 is 14.4. The molecule has 0 unspecified atom stereocenters. The van der Waals surface area contributed by atoms with Crippen LogP contribution in [0.25, 0.3) is 11.0 Å². The van der Waals surface area contributed by atoms with Gasteiger partial charge in [0.15, 0.2) is 0 Å². The number of imidazole rings is 1. The van der Waals surface area contributed by atoms with E-state index in [9.17, 15) is 0 Å². The Kier molecular flexibility index (Phi) is 8.72.